The van der Waals surface area contributed by atoms with Crippen LogP contribution in [0.3, 0.4) is 0 Å². The van der Waals surface area contributed by atoms with E-state index in [1.54, 1.807) is 7.11 Å². The lowest BCUT2D eigenvalue weighted by Gasteiger charge is -2.23. The van der Waals surface area contributed by atoms with Gasteiger partial charge in [0.05, 0.1) is 13.2 Å². The Morgan fingerprint density at radius 2 is 2.14 bits per heavy atom. The van der Waals surface area contributed by atoms with Crippen molar-refractivity contribution in [1.29, 1.82) is 0 Å². The molecule has 0 amide bonds. The quantitative estimate of drug-likeness (QED) is 0.543. The molecule has 0 aromatic heterocycles. The number of methoxy groups -OCH3 is 1. The van der Waals surface area contributed by atoms with Gasteiger partial charge >= 0.3 is 0 Å². The molecule has 0 aromatic carbocycles. The van der Waals surface area contributed by atoms with Gasteiger partial charge in [-0.15, -0.1) is 0 Å². The number of hydrogen-bond donors (Lipinski definition) is 1. The number of hydrogen-bond acceptors (Lipinski definition) is 3. The molecule has 2 rings (SSSR count). The van der Waals surface area contributed by atoms with E-state index in [4.69, 9.17) is 9.73 Å². The third-order valence-electron chi connectivity index (χ3n) is 4.44. The molecule has 0 bridgehead atoms. The van der Waals surface area contributed by atoms with Crippen molar-refractivity contribution in [1.82, 2.24) is 15.1 Å². The van der Waals surface area contributed by atoms with Crippen LogP contribution in [0.5, 0.6) is 0 Å². The van der Waals surface area contributed by atoms with Gasteiger partial charge in [0.25, 0.3) is 0 Å². The van der Waals surface area contributed by atoms with Gasteiger partial charge in [-0.25, -0.2) is 0 Å². The fourth-order valence-corrected chi connectivity index (χ4v) is 3.15. The lowest BCUT2D eigenvalue weighted by Crippen LogP contribution is -2.41. The zero-order chi connectivity index (χ0) is 15.1. The summed E-state index contributed by atoms with van der Waals surface area (Å²) in [5.41, 5.74) is 0. The molecule has 1 saturated heterocycles. The van der Waals surface area contributed by atoms with Crippen molar-refractivity contribution in [2.45, 2.75) is 39.2 Å². The van der Waals surface area contributed by atoms with Gasteiger partial charge in [-0.2, -0.15) is 0 Å². The van der Waals surface area contributed by atoms with Crippen molar-refractivity contribution in [3.05, 3.63) is 0 Å². The highest BCUT2D eigenvalue weighted by atomic mass is 16.5. The number of nitrogens with one attached hydrogen (secondary N) is 1. The number of aliphatic imine (C=N–C) groups is 1. The van der Waals surface area contributed by atoms with Crippen LogP contribution in [0.25, 0.3) is 0 Å². The topological polar surface area (TPSA) is 40.1 Å². The van der Waals surface area contributed by atoms with E-state index in [2.05, 4.69) is 29.0 Å². The second-order valence-electron chi connectivity index (χ2n) is 6.15. The summed E-state index contributed by atoms with van der Waals surface area (Å²) in [6, 6.07) is 0.839. The smallest absolute Gasteiger partial charge is 0.193 e. The summed E-state index contributed by atoms with van der Waals surface area (Å²) in [5, 5.41) is 3.44. The second kappa shape index (κ2) is 8.59. The van der Waals surface area contributed by atoms with Crippen LogP contribution in [0.4, 0.5) is 0 Å². The van der Waals surface area contributed by atoms with Crippen molar-refractivity contribution >= 4 is 5.96 Å². The first kappa shape index (κ1) is 16.6. The Labute approximate surface area is 129 Å². The van der Waals surface area contributed by atoms with E-state index in [0.29, 0.717) is 5.92 Å². The van der Waals surface area contributed by atoms with Gasteiger partial charge in [0, 0.05) is 45.2 Å². The Hall–Kier alpha value is -0.810. The molecule has 21 heavy (non-hydrogen) atoms. The van der Waals surface area contributed by atoms with Crippen LogP contribution >= 0.6 is 0 Å². The van der Waals surface area contributed by atoms with Crippen molar-refractivity contribution < 1.29 is 4.74 Å². The van der Waals surface area contributed by atoms with Gasteiger partial charge in [0.1, 0.15) is 0 Å². The van der Waals surface area contributed by atoms with E-state index < -0.39 is 0 Å². The van der Waals surface area contributed by atoms with Gasteiger partial charge in [-0.05, 0) is 32.7 Å². The molecule has 1 heterocycles. The molecule has 0 radical (unpaired) electrons. The van der Waals surface area contributed by atoms with Crippen molar-refractivity contribution in [2.75, 3.05) is 53.0 Å². The molecule has 1 aliphatic heterocycles. The van der Waals surface area contributed by atoms with Crippen LogP contribution < -0.4 is 5.32 Å². The maximum Gasteiger partial charge on any atom is 0.193 e. The molecular weight excluding hydrogens is 264 g/mol. The largest absolute Gasteiger partial charge is 0.384 e. The Morgan fingerprint density at radius 1 is 1.33 bits per heavy atom. The number of guanidine groups is 1. The summed E-state index contributed by atoms with van der Waals surface area (Å²) < 4.78 is 5.28. The Kier molecular flexibility index (Phi) is 6.77. The first-order valence-electron chi connectivity index (χ1n) is 8.54. The van der Waals surface area contributed by atoms with Crippen LogP contribution in [0, 0.1) is 5.92 Å². The fourth-order valence-electron chi connectivity index (χ4n) is 3.15. The van der Waals surface area contributed by atoms with Crippen LogP contribution in [0.15, 0.2) is 4.99 Å². The molecular formula is C16H32N4O. The standard InChI is InChI=1S/C16H32N4O/c1-4-17-16(20-10-8-14(12-20)13-21-3)18-9-11-19(5-2)15-6-7-15/h14-15H,4-13H2,1-3H3,(H,17,18). The summed E-state index contributed by atoms with van der Waals surface area (Å²) in [6.45, 7) is 11.5. The van der Waals surface area contributed by atoms with Crippen molar-refractivity contribution in [2.24, 2.45) is 10.9 Å². The zero-order valence-electron chi connectivity index (χ0n) is 14.0. The van der Waals surface area contributed by atoms with E-state index in [9.17, 15) is 0 Å². The van der Waals surface area contributed by atoms with E-state index in [1.165, 1.54) is 19.3 Å². The minimum atomic E-state index is 0.650. The number of rotatable bonds is 8. The lowest BCUT2D eigenvalue weighted by atomic mass is 10.1. The lowest BCUT2D eigenvalue weighted by molar-refractivity contribution is 0.157. The highest BCUT2D eigenvalue weighted by molar-refractivity contribution is 5.80. The molecule has 0 spiro atoms. The van der Waals surface area contributed by atoms with Gasteiger partial charge < -0.3 is 15.0 Å². The van der Waals surface area contributed by atoms with Gasteiger partial charge in [-0.3, -0.25) is 9.89 Å². The summed E-state index contributed by atoms with van der Waals surface area (Å²) >= 11 is 0. The highest BCUT2D eigenvalue weighted by Crippen LogP contribution is 2.26. The van der Waals surface area contributed by atoms with Crippen molar-refractivity contribution in [3.63, 3.8) is 0 Å². The Bertz CT molecular complexity index is 330. The van der Waals surface area contributed by atoms with Crippen molar-refractivity contribution in [3.8, 4) is 0 Å². The van der Waals surface area contributed by atoms with Gasteiger partial charge in [0.15, 0.2) is 5.96 Å². The Morgan fingerprint density at radius 3 is 2.76 bits per heavy atom. The SMILES string of the molecule is CCNC(=NCCN(CC)C1CC1)N1CCC(COC)C1. The van der Waals surface area contributed by atoms with Crippen LogP contribution in [-0.2, 0) is 4.74 Å². The minimum absolute atomic E-state index is 0.650. The van der Waals surface area contributed by atoms with E-state index in [0.717, 1.165) is 57.9 Å². The van der Waals surface area contributed by atoms with Gasteiger partial charge in [-0.1, -0.05) is 6.92 Å². The summed E-state index contributed by atoms with van der Waals surface area (Å²) in [7, 11) is 1.79. The first-order chi connectivity index (χ1) is 10.3. The maximum absolute atomic E-state index is 5.28. The average Bonchev–Trinajstić information content (AvgIpc) is 3.22. The number of nitrogens with zero attached hydrogens (tertiary/aromatic N) is 3. The number of likely N-dealkylation sites (N-methyl/N-ethyl adjacent to an activating group) is 1. The molecule has 0 aromatic rings. The molecule has 5 nitrogen and oxygen atoms in total. The minimum Gasteiger partial charge on any atom is -0.384 e. The van der Waals surface area contributed by atoms with E-state index >= 15 is 0 Å². The zero-order valence-corrected chi connectivity index (χ0v) is 14.0. The normalized spacial score (nSPS) is 23.1. The predicted molar refractivity (Wildman–Crippen MR) is 87.8 cm³/mol. The molecule has 1 unspecified atom stereocenters. The maximum atomic E-state index is 5.28. The molecule has 1 aliphatic carbocycles. The molecule has 1 atom stereocenters. The van der Waals surface area contributed by atoms with E-state index in [-0.39, 0.29) is 0 Å². The average molecular weight is 296 g/mol. The van der Waals surface area contributed by atoms with Gasteiger partial charge in [0.2, 0.25) is 0 Å². The summed E-state index contributed by atoms with van der Waals surface area (Å²) in [5.74, 6) is 1.74. The molecule has 2 fully saturated rings. The van der Waals surface area contributed by atoms with Crippen LogP contribution in [0.1, 0.15) is 33.1 Å². The third-order valence-corrected chi connectivity index (χ3v) is 4.44. The third kappa shape index (κ3) is 5.15. The first-order valence-corrected chi connectivity index (χ1v) is 8.54. The predicted octanol–water partition coefficient (Wildman–Crippen LogP) is 1.40. The second-order valence-corrected chi connectivity index (χ2v) is 6.15. The molecule has 1 N–H and O–H groups in total. The monoisotopic (exact) mass is 296 g/mol. The number of ether oxygens (including phenoxy) is 1. The summed E-state index contributed by atoms with van der Waals surface area (Å²) in [4.78, 5) is 9.79. The van der Waals surface area contributed by atoms with Crippen LogP contribution in [-0.4, -0.2) is 74.8 Å². The molecule has 2 aliphatic rings. The summed E-state index contributed by atoms with van der Waals surface area (Å²) in [6.07, 6.45) is 3.96. The molecule has 1 saturated carbocycles. The molecule has 5 heteroatoms. The fraction of sp³-hybridized carbons (Fsp3) is 0.938. The molecule has 122 valence electrons. The van der Waals surface area contributed by atoms with Crippen LogP contribution in [0.2, 0.25) is 0 Å². The number of likely N-dealkylation sites (tertiary alicyclic amines) is 1. The highest BCUT2D eigenvalue weighted by Gasteiger charge is 2.27. The van der Waals surface area contributed by atoms with E-state index in [1.807, 2.05) is 0 Å². The Balaban J connectivity index is 1.81.